The van der Waals surface area contributed by atoms with Crippen LogP contribution >= 0.6 is 0 Å². The lowest BCUT2D eigenvalue weighted by Crippen LogP contribution is -2.45. The summed E-state index contributed by atoms with van der Waals surface area (Å²) in [5.41, 5.74) is 5.94. The van der Waals surface area contributed by atoms with Gasteiger partial charge in [0.15, 0.2) is 0 Å². The Labute approximate surface area is 111 Å². The van der Waals surface area contributed by atoms with Crippen molar-refractivity contribution >= 4 is 5.91 Å². The minimum Gasteiger partial charge on any atom is -0.355 e. The number of carbonyl (C=O) groups excluding carboxylic acids is 1. The Balaban J connectivity index is 2.30. The van der Waals surface area contributed by atoms with Crippen LogP contribution in [0.25, 0.3) is 0 Å². The predicted molar refractivity (Wildman–Crippen MR) is 75.3 cm³/mol. The second-order valence-corrected chi connectivity index (χ2v) is 5.92. The fourth-order valence-electron chi connectivity index (χ4n) is 2.87. The highest BCUT2D eigenvalue weighted by Gasteiger charge is 2.29. The number of nitrogens with two attached hydrogens (primary N) is 1. The first kappa shape index (κ1) is 15.4. The molecule has 106 valence electrons. The normalized spacial score (nSPS) is 24.2. The van der Waals surface area contributed by atoms with Crippen molar-refractivity contribution in [3.63, 3.8) is 0 Å². The van der Waals surface area contributed by atoms with E-state index in [2.05, 4.69) is 37.9 Å². The van der Waals surface area contributed by atoms with Gasteiger partial charge in [-0.25, -0.2) is 0 Å². The third kappa shape index (κ3) is 4.25. The molecule has 1 aliphatic carbocycles. The van der Waals surface area contributed by atoms with Gasteiger partial charge >= 0.3 is 0 Å². The molecule has 0 aromatic rings. The summed E-state index contributed by atoms with van der Waals surface area (Å²) >= 11 is 0. The van der Waals surface area contributed by atoms with E-state index in [0.29, 0.717) is 12.1 Å². The monoisotopic (exact) mass is 255 g/mol. The van der Waals surface area contributed by atoms with Crippen LogP contribution in [0.1, 0.15) is 47.0 Å². The first-order valence-corrected chi connectivity index (χ1v) is 7.22. The van der Waals surface area contributed by atoms with E-state index in [1.165, 1.54) is 0 Å². The summed E-state index contributed by atoms with van der Waals surface area (Å²) in [5, 5.41) is 3.03. The first-order chi connectivity index (χ1) is 8.43. The highest BCUT2D eigenvalue weighted by molar-refractivity contribution is 5.79. The van der Waals surface area contributed by atoms with Gasteiger partial charge in [0.2, 0.25) is 5.91 Å². The third-order valence-corrected chi connectivity index (χ3v) is 3.90. The molecular weight excluding hydrogens is 226 g/mol. The largest absolute Gasteiger partial charge is 0.355 e. The van der Waals surface area contributed by atoms with Gasteiger partial charge in [-0.3, -0.25) is 9.69 Å². The third-order valence-electron chi connectivity index (χ3n) is 3.90. The number of hydrogen-bond acceptors (Lipinski definition) is 3. The summed E-state index contributed by atoms with van der Waals surface area (Å²) < 4.78 is 0. The van der Waals surface area contributed by atoms with Gasteiger partial charge < -0.3 is 11.1 Å². The minimum atomic E-state index is 0.0385. The van der Waals surface area contributed by atoms with Crippen molar-refractivity contribution in [3.8, 4) is 0 Å². The van der Waals surface area contributed by atoms with E-state index in [1.807, 2.05) is 0 Å². The molecule has 1 saturated carbocycles. The molecule has 0 aromatic heterocycles. The summed E-state index contributed by atoms with van der Waals surface area (Å²) in [7, 11) is 0. The van der Waals surface area contributed by atoms with Gasteiger partial charge in [-0.1, -0.05) is 6.42 Å². The molecule has 1 rings (SSSR count). The maximum atomic E-state index is 12.0. The number of nitrogens with one attached hydrogen (secondary N) is 1. The van der Waals surface area contributed by atoms with Crippen LogP contribution in [0.3, 0.4) is 0 Å². The van der Waals surface area contributed by atoms with Crippen LogP contribution in [0.4, 0.5) is 0 Å². The number of amides is 1. The molecule has 2 unspecified atom stereocenters. The molecule has 0 aromatic carbocycles. The number of hydrogen-bond donors (Lipinski definition) is 2. The fraction of sp³-hybridized carbons (Fsp3) is 0.929. The second-order valence-electron chi connectivity index (χ2n) is 5.92. The van der Waals surface area contributed by atoms with Crippen molar-refractivity contribution in [1.29, 1.82) is 0 Å². The molecule has 0 bridgehead atoms. The van der Waals surface area contributed by atoms with Crippen LogP contribution in [0.15, 0.2) is 0 Å². The van der Waals surface area contributed by atoms with E-state index < -0.39 is 0 Å². The van der Waals surface area contributed by atoms with Crippen molar-refractivity contribution in [2.24, 2.45) is 11.7 Å². The number of carbonyl (C=O) groups is 1. The lowest BCUT2D eigenvalue weighted by molar-refractivity contribution is -0.125. The van der Waals surface area contributed by atoms with Crippen molar-refractivity contribution < 1.29 is 4.79 Å². The Morgan fingerprint density at radius 1 is 1.28 bits per heavy atom. The fourth-order valence-corrected chi connectivity index (χ4v) is 2.87. The smallest absolute Gasteiger partial charge is 0.224 e. The highest BCUT2D eigenvalue weighted by atomic mass is 16.1. The zero-order valence-electron chi connectivity index (χ0n) is 12.3. The quantitative estimate of drug-likeness (QED) is 0.753. The molecule has 0 heterocycles. The maximum absolute atomic E-state index is 12.0. The van der Waals surface area contributed by atoms with Crippen molar-refractivity contribution in [2.45, 2.75) is 65.1 Å². The minimum absolute atomic E-state index is 0.0385. The van der Waals surface area contributed by atoms with E-state index in [1.54, 1.807) is 0 Å². The molecule has 4 nitrogen and oxygen atoms in total. The van der Waals surface area contributed by atoms with E-state index in [0.717, 1.165) is 32.4 Å². The second kappa shape index (κ2) is 7.10. The molecule has 4 heteroatoms. The lowest BCUT2D eigenvalue weighted by Gasteiger charge is -2.30. The van der Waals surface area contributed by atoms with Crippen LogP contribution in [0, 0.1) is 5.92 Å². The van der Waals surface area contributed by atoms with Gasteiger partial charge in [-0.05, 0) is 40.5 Å². The van der Waals surface area contributed by atoms with Crippen LogP contribution < -0.4 is 11.1 Å². The van der Waals surface area contributed by atoms with Crippen molar-refractivity contribution in [1.82, 2.24) is 10.2 Å². The highest BCUT2D eigenvalue weighted by Crippen LogP contribution is 2.23. The molecular formula is C14H29N3O. The van der Waals surface area contributed by atoms with Gasteiger partial charge in [0.25, 0.3) is 0 Å². The Bertz CT molecular complexity index is 258. The van der Waals surface area contributed by atoms with Crippen molar-refractivity contribution in [2.75, 3.05) is 13.1 Å². The van der Waals surface area contributed by atoms with Crippen LogP contribution in [-0.4, -0.2) is 42.0 Å². The van der Waals surface area contributed by atoms with E-state index in [9.17, 15) is 4.79 Å². The summed E-state index contributed by atoms with van der Waals surface area (Å²) in [6, 6.07) is 1.09. The number of nitrogens with zero attached hydrogens (tertiary/aromatic N) is 1. The summed E-state index contributed by atoms with van der Waals surface area (Å²) in [5.74, 6) is 0.184. The molecule has 0 saturated heterocycles. The van der Waals surface area contributed by atoms with E-state index in [4.69, 9.17) is 5.73 Å². The van der Waals surface area contributed by atoms with Gasteiger partial charge in [-0.15, -0.1) is 0 Å². The molecule has 1 amide bonds. The van der Waals surface area contributed by atoms with Crippen LogP contribution in [-0.2, 0) is 4.79 Å². The number of rotatable bonds is 6. The Morgan fingerprint density at radius 2 is 1.89 bits per heavy atom. The zero-order chi connectivity index (χ0) is 13.7. The Kier molecular flexibility index (Phi) is 6.09. The van der Waals surface area contributed by atoms with Gasteiger partial charge in [0.1, 0.15) is 0 Å². The van der Waals surface area contributed by atoms with E-state index in [-0.39, 0.29) is 17.9 Å². The summed E-state index contributed by atoms with van der Waals surface area (Å²) in [4.78, 5) is 14.4. The lowest BCUT2D eigenvalue weighted by atomic mass is 10.0. The molecule has 0 aliphatic heterocycles. The van der Waals surface area contributed by atoms with Gasteiger partial charge in [0.05, 0.1) is 5.92 Å². The van der Waals surface area contributed by atoms with Gasteiger partial charge in [0, 0.05) is 31.2 Å². The maximum Gasteiger partial charge on any atom is 0.224 e. The average molecular weight is 255 g/mol. The molecule has 1 fully saturated rings. The Morgan fingerprint density at radius 3 is 2.33 bits per heavy atom. The molecule has 0 spiro atoms. The average Bonchev–Trinajstić information content (AvgIpc) is 2.69. The summed E-state index contributed by atoms with van der Waals surface area (Å²) in [6.45, 7) is 10.4. The first-order valence-electron chi connectivity index (χ1n) is 7.22. The molecule has 0 radical (unpaired) electrons. The zero-order valence-corrected chi connectivity index (χ0v) is 12.3. The van der Waals surface area contributed by atoms with E-state index >= 15 is 0 Å². The molecule has 3 N–H and O–H groups in total. The van der Waals surface area contributed by atoms with Gasteiger partial charge in [-0.2, -0.15) is 0 Å². The topological polar surface area (TPSA) is 58.4 Å². The SMILES string of the molecule is CC(C)N(CCNC(=O)C1CCCC1N)C(C)C. The molecule has 1 aliphatic rings. The van der Waals surface area contributed by atoms with Crippen LogP contribution in [0.5, 0.6) is 0 Å². The standard InChI is InChI=1S/C14H29N3O/c1-10(2)17(11(3)4)9-8-16-14(18)12-6-5-7-13(12)15/h10-13H,5-9,15H2,1-4H3,(H,16,18). The van der Waals surface area contributed by atoms with Crippen molar-refractivity contribution in [3.05, 3.63) is 0 Å². The predicted octanol–water partition coefficient (Wildman–Crippen LogP) is 1.35. The Hall–Kier alpha value is -0.610. The summed E-state index contributed by atoms with van der Waals surface area (Å²) in [6.07, 6.45) is 3.02. The molecule has 2 atom stereocenters. The van der Waals surface area contributed by atoms with Crippen LogP contribution in [0.2, 0.25) is 0 Å². The molecule has 18 heavy (non-hydrogen) atoms.